The van der Waals surface area contributed by atoms with E-state index in [9.17, 15) is 4.39 Å². The summed E-state index contributed by atoms with van der Waals surface area (Å²) in [6.07, 6.45) is 6.53. The summed E-state index contributed by atoms with van der Waals surface area (Å²) in [6, 6.07) is 2.84. The van der Waals surface area contributed by atoms with Crippen molar-refractivity contribution in [2.75, 3.05) is 6.54 Å². The van der Waals surface area contributed by atoms with Gasteiger partial charge >= 0.3 is 0 Å². The largest absolute Gasteiger partial charge is 0.310 e. The lowest BCUT2D eigenvalue weighted by Gasteiger charge is -2.27. The van der Waals surface area contributed by atoms with Crippen LogP contribution in [0.15, 0.2) is 12.1 Å². The maximum absolute atomic E-state index is 13.6. The highest BCUT2D eigenvalue weighted by Crippen LogP contribution is 2.33. The van der Waals surface area contributed by atoms with Crippen molar-refractivity contribution in [3.63, 3.8) is 0 Å². The van der Waals surface area contributed by atoms with Crippen LogP contribution < -0.4 is 5.32 Å². The number of nitrogens with one attached hydrogen (secondary N) is 1. The van der Waals surface area contributed by atoms with E-state index in [4.69, 9.17) is 23.2 Å². The third kappa shape index (κ3) is 4.58. The molecule has 1 N–H and O–H groups in total. The Hall–Kier alpha value is -0.310. The van der Waals surface area contributed by atoms with E-state index in [1.165, 1.54) is 38.2 Å². The van der Waals surface area contributed by atoms with Gasteiger partial charge in [0.2, 0.25) is 0 Å². The van der Waals surface area contributed by atoms with Gasteiger partial charge in [-0.05, 0) is 43.9 Å². The van der Waals surface area contributed by atoms with Crippen LogP contribution in [-0.4, -0.2) is 6.54 Å². The Morgan fingerprint density at radius 3 is 2.57 bits per heavy atom. The van der Waals surface area contributed by atoms with Crippen LogP contribution in [-0.2, 0) is 0 Å². The Balaban J connectivity index is 1.85. The summed E-state index contributed by atoms with van der Waals surface area (Å²) in [5.41, 5.74) is 0.663. The Labute approximate surface area is 137 Å². The van der Waals surface area contributed by atoms with Crippen LogP contribution in [0.25, 0.3) is 0 Å². The predicted octanol–water partition coefficient (Wildman–Crippen LogP) is 6.00. The SMILES string of the molecule is CC1CCC(CCNC(C)c2c(Cl)ccc(F)c2Cl)CC1. The monoisotopic (exact) mass is 331 g/mol. The first-order valence-corrected chi connectivity index (χ1v) is 8.61. The standard InChI is InChI=1S/C17H24Cl2FN/c1-11-3-5-13(6-4-11)9-10-21-12(2)16-14(18)7-8-15(20)17(16)19/h7-8,11-13,21H,3-6,9-10H2,1-2H3. The molecule has 1 aromatic rings. The Morgan fingerprint density at radius 1 is 1.24 bits per heavy atom. The van der Waals surface area contributed by atoms with E-state index in [0.29, 0.717) is 10.6 Å². The van der Waals surface area contributed by atoms with Crippen LogP contribution >= 0.6 is 23.2 Å². The lowest BCUT2D eigenvalue weighted by atomic mass is 9.81. The first kappa shape index (κ1) is 17.1. The first-order valence-electron chi connectivity index (χ1n) is 7.85. The van der Waals surface area contributed by atoms with Gasteiger partial charge in [0.1, 0.15) is 5.82 Å². The highest BCUT2D eigenvalue weighted by atomic mass is 35.5. The minimum Gasteiger partial charge on any atom is -0.310 e. The van der Waals surface area contributed by atoms with Gasteiger partial charge in [-0.25, -0.2) is 4.39 Å². The molecule has 1 aliphatic carbocycles. The summed E-state index contributed by atoms with van der Waals surface area (Å²) < 4.78 is 13.6. The highest BCUT2D eigenvalue weighted by molar-refractivity contribution is 6.36. The van der Waals surface area contributed by atoms with Crippen molar-refractivity contribution in [1.82, 2.24) is 5.32 Å². The molecule has 4 heteroatoms. The lowest BCUT2D eigenvalue weighted by Crippen LogP contribution is -2.24. The molecule has 0 radical (unpaired) electrons. The molecule has 21 heavy (non-hydrogen) atoms. The summed E-state index contributed by atoms with van der Waals surface area (Å²) in [7, 11) is 0. The van der Waals surface area contributed by atoms with E-state index in [1.807, 2.05) is 6.92 Å². The number of hydrogen-bond acceptors (Lipinski definition) is 1. The van der Waals surface area contributed by atoms with Crippen molar-refractivity contribution >= 4 is 23.2 Å². The van der Waals surface area contributed by atoms with Crippen LogP contribution in [0.1, 0.15) is 57.6 Å². The molecule has 0 heterocycles. The summed E-state index contributed by atoms with van der Waals surface area (Å²) in [4.78, 5) is 0. The van der Waals surface area contributed by atoms with E-state index in [1.54, 1.807) is 6.07 Å². The average Bonchev–Trinajstić information content (AvgIpc) is 2.45. The smallest absolute Gasteiger partial charge is 0.142 e. The molecule has 1 fully saturated rings. The second-order valence-corrected chi connectivity index (χ2v) is 7.13. The van der Waals surface area contributed by atoms with E-state index in [2.05, 4.69) is 12.2 Å². The second-order valence-electron chi connectivity index (χ2n) is 6.35. The summed E-state index contributed by atoms with van der Waals surface area (Å²) >= 11 is 12.2. The topological polar surface area (TPSA) is 12.0 Å². The van der Waals surface area contributed by atoms with Crippen molar-refractivity contribution in [2.24, 2.45) is 11.8 Å². The third-order valence-corrected chi connectivity index (χ3v) is 5.36. The van der Waals surface area contributed by atoms with Gasteiger partial charge in [0.05, 0.1) is 5.02 Å². The normalized spacial score (nSPS) is 24.0. The minimum atomic E-state index is -0.411. The molecule has 1 unspecified atom stereocenters. The van der Waals surface area contributed by atoms with Crippen molar-refractivity contribution in [2.45, 2.75) is 52.0 Å². The molecular weight excluding hydrogens is 308 g/mol. The number of benzene rings is 1. The molecule has 1 aromatic carbocycles. The fraction of sp³-hybridized carbons (Fsp3) is 0.647. The number of halogens is 3. The highest BCUT2D eigenvalue weighted by Gasteiger charge is 2.19. The third-order valence-electron chi connectivity index (χ3n) is 4.65. The van der Waals surface area contributed by atoms with Crippen LogP contribution in [0.4, 0.5) is 4.39 Å². The van der Waals surface area contributed by atoms with Gasteiger partial charge in [0, 0.05) is 16.6 Å². The van der Waals surface area contributed by atoms with Crippen molar-refractivity contribution in [3.05, 3.63) is 33.6 Å². The average molecular weight is 332 g/mol. The fourth-order valence-electron chi connectivity index (χ4n) is 3.16. The Morgan fingerprint density at radius 2 is 1.90 bits per heavy atom. The minimum absolute atomic E-state index is 0.0387. The Kier molecular flexibility index (Phi) is 6.34. The summed E-state index contributed by atoms with van der Waals surface area (Å²) in [5.74, 6) is 1.29. The molecule has 118 valence electrons. The molecule has 0 bridgehead atoms. The fourth-order valence-corrected chi connectivity index (χ4v) is 3.86. The zero-order valence-electron chi connectivity index (χ0n) is 12.8. The zero-order valence-corrected chi connectivity index (χ0v) is 14.3. The van der Waals surface area contributed by atoms with Gasteiger partial charge in [-0.15, -0.1) is 0 Å². The lowest BCUT2D eigenvalue weighted by molar-refractivity contribution is 0.273. The van der Waals surface area contributed by atoms with Crippen LogP contribution in [0, 0.1) is 17.7 Å². The van der Waals surface area contributed by atoms with Crippen molar-refractivity contribution in [3.8, 4) is 0 Å². The van der Waals surface area contributed by atoms with E-state index < -0.39 is 5.82 Å². The van der Waals surface area contributed by atoms with Crippen LogP contribution in [0.2, 0.25) is 10.0 Å². The molecule has 0 aromatic heterocycles. The predicted molar refractivity (Wildman–Crippen MR) is 88.6 cm³/mol. The molecular formula is C17H24Cl2FN. The van der Waals surface area contributed by atoms with Gasteiger partial charge in [-0.2, -0.15) is 0 Å². The van der Waals surface area contributed by atoms with Gasteiger partial charge < -0.3 is 5.32 Å². The number of hydrogen-bond donors (Lipinski definition) is 1. The van der Waals surface area contributed by atoms with Gasteiger partial charge in [0.15, 0.2) is 0 Å². The molecule has 0 aliphatic heterocycles. The molecule has 0 spiro atoms. The van der Waals surface area contributed by atoms with E-state index in [-0.39, 0.29) is 11.1 Å². The molecule has 1 saturated carbocycles. The van der Waals surface area contributed by atoms with Gasteiger partial charge in [-0.3, -0.25) is 0 Å². The van der Waals surface area contributed by atoms with E-state index >= 15 is 0 Å². The Bertz CT molecular complexity index is 470. The maximum Gasteiger partial charge on any atom is 0.142 e. The van der Waals surface area contributed by atoms with Gasteiger partial charge in [-0.1, -0.05) is 55.8 Å². The molecule has 0 saturated heterocycles. The molecule has 1 aliphatic rings. The molecule has 0 amide bonds. The zero-order chi connectivity index (χ0) is 15.4. The van der Waals surface area contributed by atoms with E-state index in [0.717, 1.165) is 18.4 Å². The molecule has 1 atom stereocenters. The van der Waals surface area contributed by atoms with Crippen molar-refractivity contribution < 1.29 is 4.39 Å². The van der Waals surface area contributed by atoms with Gasteiger partial charge in [0.25, 0.3) is 0 Å². The number of rotatable bonds is 5. The van der Waals surface area contributed by atoms with Crippen molar-refractivity contribution in [1.29, 1.82) is 0 Å². The summed E-state index contributed by atoms with van der Waals surface area (Å²) in [6.45, 7) is 5.24. The second kappa shape index (κ2) is 7.80. The molecule has 2 rings (SSSR count). The first-order chi connectivity index (χ1) is 9.99. The summed E-state index contributed by atoms with van der Waals surface area (Å²) in [5, 5.41) is 4.09. The van der Waals surface area contributed by atoms with Crippen LogP contribution in [0.5, 0.6) is 0 Å². The van der Waals surface area contributed by atoms with Crippen LogP contribution in [0.3, 0.4) is 0 Å². The molecule has 1 nitrogen and oxygen atoms in total. The maximum atomic E-state index is 13.6. The quantitative estimate of drug-likeness (QED) is 0.652.